The summed E-state index contributed by atoms with van der Waals surface area (Å²) >= 11 is 0. The second-order valence-electron chi connectivity index (χ2n) is 10.2. The first-order valence-electron chi connectivity index (χ1n) is 12.4. The molecule has 0 unspecified atom stereocenters. The van der Waals surface area contributed by atoms with Gasteiger partial charge in [0.05, 0.1) is 12.0 Å². The van der Waals surface area contributed by atoms with Gasteiger partial charge in [-0.05, 0) is 77.1 Å². The fourth-order valence-electron chi connectivity index (χ4n) is 4.20. The van der Waals surface area contributed by atoms with Crippen molar-refractivity contribution in [3.8, 4) is 22.8 Å². The summed E-state index contributed by atoms with van der Waals surface area (Å²) in [5.74, 6) is 1.24. The summed E-state index contributed by atoms with van der Waals surface area (Å²) in [5, 5.41) is 11.1. The van der Waals surface area contributed by atoms with E-state index in [4.69, 9.17) is 9.47 Å². The van der Waals surface area contributed by atoms with Crippen LogP contribution in [-0.2, 0) is 12.0 Å². The molecule has 194 valence electrons. The maximum atomic E-state index is 11.1. The van der Waals surface area contributed by atoms with E-state index < -0.39 is 4.92 Å². The fraction of sp³-hybridized carbons (Fsp3) is 0.219. The predicted octanol–water partition coefficient (Wildman–Crippen LogP) is 8.10. The van der Waals surface area contributed by atoms with Crippen molar-refractivity contribution in [2.75, 3.05) is 7.11 Å². The number of allylic oxidation sites excluding steroid dienone is 1. The zero-order valence-electron chi connectivity index (χ0n) is 22.4. The number of aromatic nitrogens is 1. The topological polar surface area (TPSA) is 74.5 Å². The number of nitro groups is 1. The van der Waals surface area contributed by atoms with Gasteiger partial charge < -0.3 is 9.47 Å². The summed E-state index contributed by atoms with van der Waals surface area (Å²) in [4.78, 5) is 15.2. The van der Waals surface area contributed by atoms with Crippen LogP contribution in [0.3, 0.4) is 0 Å². The third kappa shape index (κ3) is 6.09. The van der Waals surface area contributed by atoms with Gasteiger partial charge in [0.15, 0.2) is 0 Å². The van der Waals surface area contributed by atoms with Gasteiger partial charge in [0.25, 0.3) is 5.69 Å². The van der Waals surface area contributed by atoms with Crippen LogP contribution in [0.5, 0.6) is 11.6 Å². The Labute approximate surface area is 223 Å². The van der Waals surface area contributed by atoms with Crippen LogP contribution in [0.2, 0.25) is 0 Å². The van der Waals surface area contributed by atoms with Gasteiger partial charge in [0.2, 0.25) is 5.88 Å². The number of pyridine rings is 1. The Bertz CT molecular complexity index is 1450. The lowest BCUT2D eigenvalue weighted by molar-refractivity contribution is -0.384. The average molecular weight is 509 g/mol. The van der Waals surface area contributed by atoms with Crippen molar-refractivity contribution in [1.82, 2.24) is 4.98 Å². The van der Waals surface area contributed by atoms with Crippen LogP contribution >= 0.6 is 0 Å². The van der Waals surface area contributed by atoms with E-state index >= 15 is 0 Å². The van der Waals surface area contributed by atoms with Crippen molar-refractivity contribution in [1.29, 1.82) is 0 Å². The first kappa shape index (κ1) is 26.6. The molecule has 0 aliphatic rings. The van der Waals surface area contributed by atoms with Crippen molar-refractivity contribution < 1.29 is 14.4 Å². The zero-order chi connectivity index (χ0) is 27.3. The fourth-order valence-corrected chi connectivity index (χ4v) is 4.20. The van der Waals surface area contributed by atoms with E-state index in [2.05, 4.69) is 44.0 Å². The van der Waals surface area contributed by atoms with Gasteiger partial charge in [0.1, 0.15) is 12.4 Å². The number of nitrogens with zero attached hydrogens (tertiary/aromatic N) is 2. The summed E-state index contributed by atoms with van der Waals surface area (Å²) in [6.45, 7) is 8.91. The molecule has 0 saturated heterocycles. The standard InChI is InChI=1S/C32H32N2O4/c1-22(24-13-15-27(16-14-24)34(35)36)18-25-19-26(32(2,3)4)20-29(28-12-9-17-33-31(28)37-5)30(25)38-21-23-10-7-6-8-11-23/h6-20H,21H2,1-5H3/b22-18+. The number of methoxy groups -OCH3 is 1. The van der Waals surface area contributed by atoms with Gasteiger partial charge in [-0.3, -0.25) is 10.1 Å². The highest BCUT2D eigenvalue weighted by molar-refractivity contribution is 5.87. The molecule has 1 aromatic heterocycles. The van der Waals surface area contributed by atoms with Crippen molar-refractivity contribution in [3.05, 3.63) is 117 Å². The minimum Gasteiger partial charge on any atom is -0.488 e. The lowest BCUT2D eigenvalue weighted by atomic mass is 9.83. The smallest absolute Gasteiger partial charge is 0.269 e. The van der Waals surface area contributed by atoms with Gasteiger partial charge in [-0.2, -0.15) is 0 Å². The number of benzene rings is 3. The molecule has 0 N–H and O–H groups in total. The number of ether oxygens (including phenoxy) is 2. The van der Waals surface area contributed by atoms with Crippen LogP contribution in [0.15, 0.2) is 85.1 Å². The SMILES string of the molecule is COc1ncccc1-c1cc(C(C)(C)C)cc(/C=C(\C)c2ccc([N+](=O)[O-])cc2)c1OCc1ccccc1. The van der Waals surface area contributed by atoms with Crippen LogP contribution in [0, 0.1) is 10.1 Å². The number of nitro benzene ring substituents is 1. The summed E-state index contributed by atoms with van der Waals surface area (Å²) in [5.41, 5.74) is 6.61. The molecule has 4 aromatic rings. The van der Waals surface area contributed by atoms with Gasteiger partial charge >= 0.3 is 0 Å². The Hall–Kier alpha value is -4.45. The molecule has 0 atom stereocenters. The molecule has 0 aliphatic carbocycles. The molecular formula is C32H32N2O4. The Morgan fingerprint density at radius 1 is 0.974 bits per heavy atom. The van der Waals surface area contributed by atoms with Crippen molar-refractivity contribution >= 4 is 17.3 Å². The van der Waals surface area contributed by atoms with Crippen LogP contribution in [0.4, 0.5) is 5.69 Å². The molecule has 38 heavy (non-hydrogen) atoms. The molecule has 0 spiro atoms. The second kappa shape index (κ2) is 11.3. The molecule has 1 heterocycles. The quantitative estimate of drug-likeness (QED) is 0.137. The average Bonchev–Trinajstić information content (AvgIpc) is 2.92. The van der Waals surface area contributed by atoms with Gasteiger partial charge in [-0.25, -0.2) is 4.98 Å². The van der Waals surface area contributed by atoms with E-state index in [1.807, 2.05) is 49.4 Å². The molecule has 0 aliphatic heterocycles. The molecule has 4 rings (SSSR count). The number of hydrogen-bond acceptors (Lipinski definition) is 5. The van der Waals surface area contributed by atoms with E-state index in [0.29, 0.717) is 12.5 Å². The number of rotatable bonds is 8. The summed E-state index contributed by atoms with van der Waals surface area (Å²) in [6, 6.07) is 24.8. The third-order valence-corrected chi connectivity index (χ3v) is 6.37. The summed E-state index contributed by atoms with van der Waals surface area (Å²) in [6.07, 6.45) is 3.78. The maximum Gasteiger partial charge on any atom is 0.269 e. The Kier molecular flexibility index (Phi) is 7.91. The first-order chi connectivity index (χ1) is 18.2. The number of hydrogen-bond donors (Lipinski definition) is 0. The molecule has 0 fully saturated rings. The highest BCUT2D eigenvalue weighted by Crippen LogP contribution is 2.42. The molecule has 6 nitrogen and oxygen atoms in total. The highest BCUT2D eigenvalue weighted by atomic mass is 16.6. The minimum absolute atomic E-state index is 0.0640. The van der Waals surface area contributed by atoms with Gasteiger partial charge in [0, 0.05) is 35.0 Å². The maximum absolute atomic E-state index is 11.1. The lowest BCUT2D eigenvalue weighted by Gasteiger charge is -2.24. The molecule has 0 bridgehead atoms. The molecule has 0 radical (unpaired) electrons. The van der Waals surface area contributed by atoms with Crippen LogP contribution < -0.4 is 9.47 Å². The third-order valence-electron chi connectivity index (χ3n) is 6.37. The van der Waals surface area contributed by atoms with Crippen molar-refractivity contribution in [2.45, 2.75) is 39.7 Å². The Morgan fingerprint density at radius 3 is 2.32 bits per heavy atom. The van der Waals surface area contributed by atoms with E-state index in [9.17, 15) is 10.1 Å². The van der Waals surface area contributed by atoms with Crippen molar-refractivity contribution in [2.24, 2.45) is 0 Å². The minimum atomic E-state index is -0.390. The van der Waals surface area contributed by atoms with E-state index in [-0.39, 0.29) is 11.1 Å². The monoisotopic (exact) mass is 508 g/mol. The Balaban J connectivity index is 1.92. The largest absolute Gasteiger partial charge is 0.488 e. The molecular weight excluding hydrogens is 476 g/mol. The molecule has 0 amide bonds. The Morgan fingerprint density at radius 2 is 1.68 bits per heavy atom. The lowest BCUT2D eigenvalue weighted by Crippen LogP contribution is -2.12. The highest BCUT2D eigenvalue weighted by Gasteiger charge is 2.22. The van der Waals surface area contributed by atoms with Gasteiger partial charge in [-0.1, -0.05) is 51.1 Å². The summed E-state index contributed by atoms with van der Waals surface area (Å²) in [7, 11) is 1.61. The van der Waals surface area contributed by atoms with E-state index in [1.165, 1.54) is 12.1 Å². The molecule has 3 aromatic carbocycles. The normalized spacial score (nSPS) is 11.8. The number of non-ortho nitro benzene ring substituents is 1. The predicted molar refractivity (Wildman–Crippen MR) is 152 cm³/mol. The second-order valence-corrected chi connectivity index (χ2v) is 10.2. The van der Waals surface area contributed by atoms with Crippen LogP contribution in [0.1, 0.15) is 49.9 Å². The summed E-state index contributed by atoms with van der Waals surface area (Å²) < 4.78 is 12.2. The zero-order valence-corrected chi connectivity index (χ0v) is 22.4. The van der Waals surface area contributed by atoms with E-state index in [0.717, 1.165) is 44.7 Å². The van der Waals surface area contributed by atoms with Crippen molar-refractivity contribution in [3.63, 3.8) is 0 Å². The van der Waals surface area contributed by atoms with E-state index in [1.54, 1.807) is 25.4 Å². The molecule has 6 heteroatoms. The first-order valence-corrected chi connectivity index (χ1v) is 12.4. The van der Waals surface area contributed by atoms with Crippen LogP contribution in [0.25, 0.3) is 22.8 Å². The van der Waals surface area contributed by atoms with Gasteiger partial charge in [-0.15, -0.1) is 0 Å². The van der Waals surface area contributed by atoms with Crippen LogP contribution in [-0.4, -0.2) is 17.0 Å². The molecule has 0 saturated carbocycles.